The van der Waals surface area contributed by atoms with Gasteiger partial charge in [-0.25, -0.2) is 0 Å². The van der Waals surface area contributed by atoms with E-state index in [2.05, 4.69) is 4.98 Å². The van der Waals surface area contributed by atoms with E-state index in [0.717, 1.165) is 22.2 Å². The van der Waals surface area contributed by atoms with Crippen LogP contribution in [-0.4, -0.2) is 16.1 Å². The Bertz CT molecular complexity index is 635. The minimum absolute atomic E-state index is 0.248. The molecule has 5 heteroatoms. The van der Waals surface area contributed by atoms with Crippen molar-refractivity contribution in [3.63, 3.8) is 0 Å². The molecule has 2 unspecified atom stereocenters. The fourth-order valence-electron chi connectivity index (χ4n) is 2.77. The van der Waals surface area contributed by atoms with E-state index in [9.17, 15) is 4.79 Å². The van der Waals surface area contributed by atoms with E-state index >= 15 is 0 Å². The second kappa shape index (κ2) is 4.00. The molecule has 2 aromatic rings. The number of carbonyl (C=O) groups is 1. The molecule has 1 aromatic heterocycles. The molecule has 0 aliphatic heterocycles. The first-order valence-electron chi connectivity index (χ1n) is 5.84. The van der Waals surface area contributed by atoms with Crippen molar-refractivity contribution in [3.8, 4) is 0 Å². The zero-order valence-electron chi connectivity index (χ0n) is 9.61. The summed E-state index contributed by atoms with van der Waals surface area (Å²) in [6, 6.07) is 5.35. The van der Waals surface area contributed by atoms with E-state index in [1.165, 1.54) is 0 Å². The molecule has 1 aliphatic carbocycles. The van der Waals surface area contributed by atoms with Crippen molar-refractivity contribution in [1.82, 2.24) is 4.98 Å². The Morgan fingerprint density at radius 1 is 1.50 bits per heavy atom. The van der Waals surface area contributed by atoms with Crippen LogP contribution < -0.4 is 5.73 Å². The Hall–Kier alpha value is -1.52. The molecule has 0 amide bonds. The van der Waals surface area contributed by atoms with E-state index < -0.39 is 11.9 Å². The minimum Gasteiger partial charge on any atom is -0.481 e. The number of aromatic nitrogens is 1. The van der Waals surface area contributed by atoms with E-state index in [1.807, 2.05) is 18.2 Å². The number of nitrogens with two attached hydrogens (primary N) is 1. The predicted octanol–water partition coefficient (Wildman–Crippen LogP) is 2.47. The zero-order valence-corrected chi connectivity index (χ0v) is 10.4. The van der Waals surface area contributed by atoms with Crippen LogP contribution in [0.15, 0.2) is 18.2 Å². The van der Waals surface area contributed by atoms with Gasteiger partial charge in [0.15, 0.2) is 0 Å². The summed E-state index contributed by atoms with van der Waals surface area (Å²) in [4.78, 5) is 14.3. The monoisotopic (exact) mass is 264 g/mol. The van der Waals surface area contributed by atoms with Crippen LogP contribution in [-0.2, 0) is 11.2 Å². The molecular weight excluding hydrogens is 252 g/mol. The third kappa shape index (κ3) is 1.69. The lowest BCUT2D eigenvalue weighted by Crippen LogP contribution is -2.28. The van der Waals surface area contributed by atoms with Gasteiger partial charge in [0.1, 0.15) is 0 Å². The van der Waals surface area contributed by atoms with Crippen LogP contribution in [0.4, 0.5) is 0 Å². The second-order valence-corrected chi connectivity index (χ2v) is 5.23. The predicted molar refractivity (Wildman–Crippen MR) is 69.7 cm³/mol. The van der Waals surface area contributed by atoms with Crippen LogP contribution in [0.25, 0.3) is 10.9 Å². The van der Waals surface area contributed by atoms with E-state index in [4.69, 9.17) is 22.4 Å². The largest absolute Gasteiger partial charge is 0.481 e. The van der Waals surface area contributed by atoms with Crippen LogP contribution in [0.5, 0.6) is 0 Å². The number of nitrogens with one attached hydrogen (secondary N) is 1. The van der Waals surface area contributed by atoms with Crippen molar-refractivity contribution in [2.24, 2.45) is 11.7 Å². The van der Waals surface area contributed by atoms with E-state index in [0.29, 0.717) is 17.9 Å². The van der Waals surface area contributed by atoms with Gasteiger partial charge in [0.2, 0.25) is 0 Å². The fourth-order valence-corrected chi connectivity index (χ4v) is 2.94. The van der Waals surface area contributed by atoms with Gasteiger partial charge in [-0.05, 0) is 30.2 Å². The summed E-state index contributed by atoms with van der Waals surface area (Å²) in [5, 5.41) is 10.8. The van der Waals surface area contributed by atoms with Crippen molar-refractivity contribution >= 4 is 28.5 Å². The number of fused-ring (bicyclic) bond motifs is 3. The number of benzene rings is 1. The van der Waals surface area contributed by atoms with E-state index in [1.54, 1.807) is 0 Å². The lowest BCUT2D eigenvalue weighted by atomic mass is 9.84. The highest BCUT2D eigenvalue weighted by molar-refractivity contribution is 6.31. The molecule has 1 aromatic carbocycles. The minimum atomic E-state index is -0.784. The summed E-state index contributed by atoms with van der Waals surface area (Å²) in [6.45, 7) is 0. The first-order valence-corrected chi connectivity index (χ1v) is 6.22. The standard InChI is InChI=1S/C13H13ClN2O2/c14-7-1-2-10-8(5-7)12-9(15)3-6(13(17)18)4-11(12)16-10/h1-2,5-6,9,16H,3-4,15H2,(H,17,18). The summed E-state index contributed by atoms with van der Waals surface area (Å²) in [6.07, 6.45) is 0.979. The Morgan fingerprint density at radius 2 is 2.28 bits per heavy atom. The van der Waals surface area contributed by atoms with Crippen molar-refractivity contribution in [2.75, 3.05) is 0 Å². The Balaban J connectivity index is 2.16. The first-order chi connectivity index (χ1) is 8.56. The molecule has 94 valence electrons. The molecule has 0 fully saturated rings. The summed E-state index contributed by atoms with van der Waals surface area (Å²) >= 11 is 6.00. The fraction of sp³-hybridized carbons (Fsp3) is 0.308. The van der Waals surface area contributed by atoms with Crippen LogP contribution in [0.2, 0.25) is 5.02 Å². The van der Waals surface area contributed by atoms with E-state index in [-0.39, 0.29) is 6.04 Å². The third-order valence-electron chi connectivity index (χ3n) is 3.59. The van der Waals surface area contributed by atoms with Gasteiger partial charge in [0.25, 0.3) is 0 Å². The summed E-state index contributed by atoms with van der Waals surface area (Å²) in [5.41, 5.74) is 9.02. The normalized spacial score (nSPS) is 23.0. The zero-order chi connectivity index (χ0) is 12.9. The quantitative estimate of drug-likeness (QED) is 0.740. The number of carboxylic acids is 1. The first kappa shape index (κ1) is 11.6. The molecule has 3 rings (SSSR count). The molecule has 4 nitrogen and oxygen atoms in total. The van der Waals surface area contributed by atoms with Crippen LogP contribution >= 0.6 is 11.6 Å². The maximum absolute atomic E-state index is 11.1. The SMILES string of the molecule is NC1CC(C(=O)O)Cc2[nH]c3ccc(Cl)cc3c21. The van der Waals surface area contributed by atoms with Gasteiger partial charge in [0, 0.05) is 34.1 Å². The van der Waals surface area contributed by atoms with Gasteiger partial charge in [-0.2, -0.15) is 0 Å². The third-order valence-corrected chi connectivity index (χ3v) is 3.83. The summed E-state index contributed by atoms with van der Waals surface area (Å²) < 4.78 is 0. The summed E-state index contributed by atoms with van der Waals surface area (Å²) in [7, 11) is 0. The number of rotatable bonds is 1. The molecule has 18 heavy (non-hydrogen) atoms. The van der Waals surface area contributed by atoms with Crippen molar-refractivity contribution in [1.29, 1.82) is 0 Å². The molecule has 4 N–H and O–H groups in total. The number of halogens is 1. The van der Waals surface area contributed by atoms with Gasteiger partial charge < -0.3 is 15.8 Å². The average molecular weight is 265 g/mol. The highest BCUT2D eigenvalue weighted by Crippen LogP contribution is 2.37. The lowest BCUT2D eigenvalue weighted by Gasteiger charge is -2.24. The molecule has 1 aliphatic rings. The maximum atomic E-state index is 11.1. The number of hydrogen-bond acceptors (Lipinski definition) is 2. The van der Waals surface area contributed by atoms with Crippen LogP contribution in [0.1, 0.15) is 23.7 Å². The van der Waals surface area contributed by atoms with Gasteiger partial charge in [-0.15, -0.1) is 0 Å². The van der Waals surface area contributed by atoms with Crippen molar-refractivity contribution < 1.29 is 9.90 Å². The molecule has 2 atom stereocenters. The molecule has 0 saturated carbocycles. The molecule has 1 heterocycles. The highest BCUT2D eigenvalue weighted by Gasteiger charge is 2.31. The number of hydrogen-bond donors (Lipinski definition) is 3. The van der Waals surface area contributed by atoms with Crippen LogP contribution in [0, 0.1) is 5.92 Å². The molecule has 0 spiro atoms. The smallest absolute Gasteiger partial charge is 0.306 e. The lowest BCUT2D eigenvalue weighted by molar-refractivity contribution is -0.142. The number of H-pyrrole nitrogens is 1. The van der Waals surface area contributed by atoms with Gasteiger partial charge in [0.05, 0.1) is 5.92 Å². The molecule has 0 radical (unpaired) electrons. The average Bonchev–Trinajstić information content (AvgIpc) is 2.66. The Morgan fingerprint density at radius 3 is 3.00 bits per heavy atom. The molecule has 0 bridgehead atoms. The maximum Gasteiger partial charge on any atom is 0.306 e. The second-order valence-electron chi connectivity index (χ2n) is 4.79. The van der Waals surface area contributed by atoms with Crippen molar-refractivity contribution in [3.05, 3.63) is 34.5 Å². The number of aliphatic carboxylic acids is 1. The van der Waals surface area contributed by atoms with Gasteiger partial charge in [-0.3, -0.25) is 4.79 Å². The van der Waals surface area contributed by atoms with Crippen molar-refractivity contribution in [2.45, 2.75) is 18.9 Å². The molecular formula is C13H13ClN2O2. The van der Waals surface area contributed by atoms with Gasteiger partial charge in [-0.1, -0.05) is 11.6 Å². The Kier molecular flexibility index (Phi) is 2.57. The molecule has 0 saturated heterocycles. The van der Waals surface area contributed by atoms with Crippen LogP contribution in [0.3, 0.4) is 0 Å². The summed E-state index contributed by atoms with van der Waals surface area (Å²) in [5.74, 6) is -1.19. The highest BCUT2D eigenvalue weighted by atomic mass is 35.5. The number of aromatic amines is 1. The topological polar surface area (TPSA) is 79.1 Å². The van der Waals surface area contributed by atoms with Gasteiger partial charge >= 0.3 is 5.97 Å². The Labute approximate surface area is 109 Å². The number of carboxylic acid groups (broad SMARTS) is 1.